The highest BCUT2D eigenvalue weighted by atomic mass is 16.6. The van der Waals surface area contributed by atoms with Gasteiger partial charge in [-0.15, -0.1) is 0 Å². The van der Waals surface area contributed by atoms with Crippen LogP contribution in [0.4, 0.5) is 11.4 Å². The predicted octanol–water partition coefficient (Wildman–Crippen LogP) is 0.0840. The van der Waals surface area contributed by atoms with Crippen LogP contribution in [0, 0.1) is 10.1 Å². The molecule has 0 unspecified atom stereocenters. The van der Waals surface area contributed by atoms with E-state index >= 15 is 0 Å². The SMILES string of the molecule is O=C(O)c1cc([N+](=O)[O-])ccc1N(CCO)CCO. The number of aliphatic hydroxyl groups is 2. The van der Waals surface area contributed by atoms with Gasteiger partial charge in [-0.25, -0.2) is 4.79 Å². The number of hydrogen-bond acceptors (Lipinski definition) is 6. The van der Waals surface area contributed by atoms with Gasteiger partial charge in [0.2, 0.25) is 0 Å². The minimum Gasteiger partial charge on any atom is -0.478 e. The molecule has 0 atom stereocenters. The number of nitrogens with zero attached hydrogens (tertiary/aromatic N) is 2. The second-order valence-corrected chi connectivity index (χ2v) is 3.70. The molecule has 0 amide bonds. The Morgan fingerprint density at radius 2 is 1.84 bits per heavy atom. The van der Waals surface area contributed by atoms with Crippen molar-refractivity contribution < 1.29 is 25.0 Å². The molecule has 0 aliphatic rings. The average Bonchev–Trinajstić information content (AvgIpc) is 2.37. The quantitative estimate of drug-likeness (QED) is 0.473. The fraction of sp³-hybridized carbons (Fsp3) is 0.364. The molecule has 1 rings (SSSR count). The summed E-state index contributed by atoms with van der Waals surface area (Å²) in [6.45, 7) is -0.205. The van der Waals surface area contributed by atoms with Crippen LogP contribution in [-0.4, -0.2) is 52.5 Å². The number of hydrogen-bond donors (Lipinski definition) is 3. The number of carboxylic acids is 1. The van der Waals surface area contributed by atoms with Crippen molar-refractivity contribution in [2.75, 3.05) is 31.2 Å². The minimum atomic E-state index is -1.31. The summed E-state index contributed by atoms with van der Waals surface area (Å²) in [7, 11) is 0. The first-order chi connectivity index (χ1) is 9.01. The topological polar surface area (TPSA) is 124 Å². The third-order valence-electron chi connectivity index (χ3n) is 2.50. The molecule has 0 fully saturated rings. The highest BCUT2D eigenvalue weighted by molar-refractivity contribution is 5.95. The number of non-ortho nitro benzene ring substituents is 1. The highest BCUT2D eigenvalue weighted by Gasteiger charge is 2.19. The standard InChI is InChI=1S/C11H14N2O6/c14-5-3-12(4-6-15)10-2-1-8(13(18)19)7-9(10)11(16)17/h1-2,7,14-15H,3-6H2,(H,16,17). The number of aromatic carboxylic acids is 1. The Labute approximate surface area is 108 Å². The summed E-state index contributed by atoms with van der Waals surface area (Å²) in [5, 5.41) is 37.5. The van der Waals surface area contributed by atoms with E-state index in [0.29, 0.717) is 0 Å². The maximum absolute atomic E-state index is 11.1. The van der Waals surface area contributed by atoms with Gasteiger partial charge >= 0.3 is 5.97 Å². The van der Waals surface area contributed by atoms with Gasteiger partial charge in [0.25, 0.3) is 5.69 Å². The molecule has 19 heavy (non-hydrogen) atoms. The molecule has 0 aromatic heterocycles. The van der Waals surface area contributed by atoms with Gasteiger partial charge < -0.3 is 20.2 Å². The molecule has 8 nitrogen and oxygen atoms in total. The van der Waals surface area contributed by atoms with E-state index in [-0.39, 0.29) is 43.2 Å². The number of benzene rings is 1. The van der Waals surface area contributed by atoms with Crippen LogP contribution in [0.25, 0.3) is 0 Å². The summed E-state index contributed by atoms with van der Waals surface area (Å²) in [5.41, 5.74) is -0.341. The zero-order chi connectivity index (χ0) is 14.4. The van der Waals surface area contributed by atoms with Gasteiger partial charge in [0.1, 0.15) is 0 Å². The van der Waals surface area contributed by atoms with Crippen molar-refractivity contribution >= 4 is 17.3 Å². The van der Waals surface area contributed by atoms with Crippen molar-refractivity contribution in [1.82, 2.24) is 0 Å². The number of anilines is 1. The molecule has 0 bridgehead atoms. The highest BCUT2D eigenvalue weighted by Crippen LogP contribution is 2.25. The second kappa shape index (κ2) is 6.66. The molecule has 0 aliphatic carbocycles. The molecular weight excluding hydrogens is 256 g/mol. The van der Waals surface area contributed by atoms with Crippen molar-refractivity contribution in [3.63, 3.8) is 0 Å². The summed E-state index contributed by atoms with van der Waals surface area (Å²) in [4.78, 5) is 22.5. The number of nitro groups is 1. The minimum absolute atomic E-state index is 0.124. The lowest BCUT2D eigenvalue weighted by atomic mass is 10.1. The van der Waals surface area contributed by atoms with Crippen molar-refractivity contribution in [3.8, 4) is 0 Å². The monoisotopic (exact) mass is 270 g/mol. The van der Waals surface area contributed by atoms with E-state index in [1.807, 2.05) is 0 Å². The molecule has 0 heterocycles. The lowest BCUT2D eigenvalue weighted by Gasteiger charge is -2.24. The summed E-state index contributed by atoms with van der Waals surface area (Å²) < 4.78 is 0. The molecule has 3 N–H and O–H groups in total. The largest absolute Gasteiger partial charge is 0.478 e. The van der Waals surface area contributed by atoms with E-state index in [2.05, 4.69) is 0 Å². The van der Waals surface area contributed by atoms with Crippen molar-refractivity contribution in [2.24, 2.45) is 0 Å². The van der Waals surface area contributed by atoms with E-state index < -0.39 is 10.9 Å². The molecule has 1 aromatic rings. The maximum atomic E-state index is 11.1. The van der Waals surface area contributed by atoms with Gasteiger partial charge in [0.05, 0.1) is 29.4 Å². The van der Waals surface area contributed by atoms with Crippen molar-refractivity contribution in [3.05, 3.63) is 33.9 Å². The smallest absolute Gasteiger partial charge is 0.338 e. The van der Waals surface area contributed by atoms with Gasteiger partial charge in [0, 0.05) is 25.2 Å². The van der Waals surface area contributed by atoms with Crippen LogP contribution in [0.1, 0.15) is 10.4 Å². The van der Waals surface area contributed by atoms with Crippen LogP contribution in [0.15, 0.2) is 18.2 Å². The third kappa shape index (κ3) is 3.63. The number of aliphatic hydroxyl groups excluding tert-OH is 2. The average molecular weight is 270 g/mol. The van der Waals surface area contributed by atoms with Gasteiger partial charge in [-0.05, 0) is 6.07 Å². The molecule has 0 aliphatic heterocycles. The van der Waals surface area contributed by atoms with Crippen LogP contribution in [0.5, 0.6) is 0 Å². The first kappa shape index (κ1) is 14.9. The number of rotatable bonds is 7. The summed E-state index contributed by atoms with van der Waals surface area (Å²) in [6, 6.07) is 3.44. The zero-order valence-electron chi connectivity index (χ0n) is 10.0. The number of carboxylic acid groups (broad SMARTS) is 1. The molecule has 0 spiro atoms. The Bertz CT molecular complexity index is 470. The van der Waals surface area contributed by atoms with Crippen LogP contribution < -0.4 is 4.90 Å². The first-order valence-corrected chi connectivity index (χ1v) is 5.49. The Morgan fingerprint density at radius 3 is 2.26 bits per heavy atom. The van der Waals surface area contributed by atoms with Gasteiger partial charge in [-0.1, -0.05) is 0 Å². The lowest BCUT2D eigenvalue weighted by molar-refractivity contribution is -0.384. The van der Waals surface area contributed by atoms with Crippen LogP contribution in [-0.2, 0) is 0 Å². The molecule has 104 valence electrons. The molecule has 0 saturated carbocycles. The zero-order valence-corrected chi connectivity index (χ0v) is 10.0. The van der Waals surface area contributed by atoms with Gasteiger partial charge in [0.15, 0.2) is 0 Å². The predicted molar refractivity (Wildman–Crippen MR) is 66.4 cm³/mol. The van der Waals surface area contributed by atoms with E-state index in [0.717, 1.165) is 6.07 Å². The first-order valence-electron chi connectivity index (χ1n) is 5.49. The third-order valence-corrected chi connectivity index (χ3v) is 2.50. The fourth-order valence-electron chi connectivity index (χ4n) is 1.68. The second-order valence-electron chi connectivity index (χ2n) is 3.70. The Hall–Kier alpha value is -2.19. The Kier molecular flexibility index (Phi) is 5.22. The molecule has 1 aromatic carbocycles. The number of carbonyl (C=O) groups is 1. The maximum Gasteiger partial charge on any atom is 0.338 e. The molecule has 0 saturated heterocycles. The van der Waals surface area contributed by atoms with E-state index in [1.165, 1.54) is 17.0 Å². The fourth-order valence-corrected chi connectivity index (χ4v) is 1.68. The molecule has 8 heteroatoms. The van der Waals surface area contributed by atoms with Gasteiger partial charge in [-0.3, -0.25) is 10.1 Å². The summed E-state index contributed by atoms with van der Waals surface area (Å²) in [6.07, 6.45) is 0. The molecular formula is C11H14N2O6. The van der Waals surface area contributed by atoms with E-state index in [9.17, 15) is 14.9 Å². The van der Waals surface area contributed by atoms with Crippen LogP contribution >= 0.6 is 0 Å². The molecule has 0 radical (unpaired) electrons. The number of nitro benzene ring substituents is 1. The lowest BCUT2D eigenvalue weighted by Crippen LogP contribution is -2.31. The summed E-state index contributed by atoms with van der Waals surface area (Å²) >= 11 is 0. The Balaban J connectivity index is 3.24. The van der Waals surface area contributed by atoms with Crippen molar-refractivity contribution in [2.45, 2.75) is 0 Å². The van der Waals surface area contributed by atoms with E-state index in [4.69, 9.17) is 15.3 Å². The Morgan fingerprint density at radius 1 is 1.26 bits per heavy atom. The van der Waals surface area contributed by atoms with Crippen LogP contribution in [0.3, 0.4) is 0 Å². The van der Waals surface area contributed by atoms with Crippen molar-refractivity contribution in [1.29, 1.82) is 0 Å². The summed E-state index contributed by atoms with van der Waals surface area (Å²) in [5.74, 6) is -1.31. The van der Waals surface area contributed by atoms with Crippen LogP contribution in [0.2, 0.25) is 0 Å². The van der Waals surface area contributed by atoms with E-state index in [1.54, 1.807) is 0 Å². The normalized spacial score (nSPS) is 10.2. The van der Waals surface area contributed by atoms with Gasteiger partial charge in [-0.2, -0.15) is 0 Å².